The van der Waals surface area contributed by atoms with Crippen molar-refractivity contribution in [3.05, 3.63) is 108 Å². The first kappa shape index (κ1) is 53.9. The molecule has 2 amide bonds. The van der Waals surface area contributed by atoms with Gasteiger partial charge in [0, 0.05) is 37.6 Å². The number of aliphatic carboxylic acids is 1. The average molecular weight is 894 g/mol. The van der Waals surface area contributed by atoms with Gasteiger partial charge in [-0.3, -0.25) is 9.59 Å². The Morgan fingerprint density at radius 2 is 1.43 bits per heavy atom. The number of carboxylic acids is 1. The Bertz CT molecular complexity index is 2010. The summed E-state index contributed by atoms with van der Waals surface area (Å²) in [4.78, 5) is 45.8. The van der Waals surface area contributed by atoms with Crippen molar-refractivity contribution < 1.29 is 42.5 Å². The topological polar surface area (TPSA) is 199 Å². The third-order valence-corrected chi connectivity index (χ3v) is 10.8. The van der Waals surface area contributed by atoms with Crippen LogP contribution in [0.3, 0.4) is 0 Å². The van der Waals surface area contributed by atoms with E-state index < -0.39 is 52.4 Å². The highest BCUT2D eigenvalue weighted by atomic mass is 32.2. The van der Waals surface area contributed by atoms with Gasteiger partial charge < -0.3 is 26.0 Å². The third-order valence-electron chi connectivity index (χ3n) is 9.63. The van der Waals surface area contributed by atoms with E-state index in [9.17, 15) is 42.5 Å². The Labute approximate surface area is 373 Å². The summed E-state index contributed by atoms with van der Waals surface area (Å²) in [5.74, 6) is -2.81. The highest BCUT2D eigenvalue weighted by Gasteiger charge is 2.24. The Hall–Kier alpha value is -5.25. The van der Waals surface area contributed by atoms with Crippen LogP contribution in [0.25, 0.3) is 17.3 Å². The van der Waals surface area contributed by atoms with Gasteiger partial charge in [0.2, 0.25) is 27.8 Å². The Kier molecular flexibility index (Phi) is 25.6. The number of hydrogen-bond acceptors (Lipinski definition) is 9. The van der Waals surface area contributed by atoms with Gasteiger partial charge in [-0.15, -0.1) is 0 Å². The maximum absolute atomic E-state index is 13.8. The molecule has 63 heavy (non-hydrogen) atoms. The minimum absolute atomic E-state index is 0.0752. The standard InChI is InChI=1S/C48H68FN5O8S/c1-6-7-8-9-10-11-12-13-14-15-16-17-18-19-20-21-22-26-43(57)50-33-24-23-25-42(47(59)60)51-44(58)35-40(56)34-39(55)31-32-41-45(36(2)3)52-48(54(4)63(5,61)62)53-46(41)37-27-29-38(49)30-28-37/h7-8,10-11,13-14,16-17,19-20,27-32,36,39-40,42,55-56H,6,9,12,15,18,21-26,33-35H2,1-5H3,(H,50,57)(H,51,58)(H,59,60)/b8-7-,11-10-,14-13-,17-16-,20-19-,32-31+/t39-,40-,42?/m1/s1. The number of hydrogen-bond donors (Lipinski definition) is 5. The molecule has 1 unspecified atom stereocenters. The highest BCUT2D eigenvalue weighted by Crippen LogP contribution is 2.32. The summed E-state index contributed by atoms with van der Waals surface area (Å²) in [6.07, 6.45) is 29.7. The molecule has 13 nitrogen and oxygen atoms in total. The number of sulfonamides is 1. The number of carboxylic acid groups (broad SMARTS) is 1. The maximum atomic E-state index is 13.8. The van der Waals surface area contributed by atoms with Crippen molar-refractivity contribution in [3.63, 3.8) is 0 Å². The van der Waals surface area contributed by atoms with Crippen molar-refractivity contribution in [2.75, 3.05) is 24.2 Å². The average Bonchev–Trinajstić information content (AvgIpc) is 3.22. The van der Waals surface area contributed by atoms with E-state index in [0.717, 1.165) is 55.5 Å². The van der Waals surface area contributed by atoms with Crippen LogP contribution < -0.4 is 14.9 Å². The molecule has 2 rings (SSSR count). The fourth-order valence-corrected chi connectivity index (χ4v) is 6.49. The fraction of sp³-hybridized carbons (Fsp3) is 0.479. The molecule has 15 heteroatoms. The monoisotopic (exact) mass is 893 g/mol. The van der Waals surface area contributed by atoms with Crippen molar-refractivity contribution in [3.8, 4) is 11.3 Å². The van der Waals surface area contributed by atoms with E-state index in [1.165, 1.54) is 43.5 Å². The SMILES string of the molecule is CC/C=C\C/C=C\C/C=C\C/C=C\C/C=C\CCCC(=O)NCCCCC(NC(=O)C[C@H](O)C[C@H](O)/C=C/c1c(-c2ccc(F)cc2)nc(N(C)S(C)(=O)=O)nc1C(C)C)C(=O)O. The smallest absolute Gasteiger partial charge is 0.326 e. The van der Waals surface area contributed by atoms with Gasteiger partial charge in [0.1, 0.15) is 11.9 Å². The van der Waals surface area contributed by atoms with E-state index in [0.29, 0.717) is 42.6 Å². The van der Waals surface area contributed by atoms with E-state index in [-0.39, 0.29) is 36.3 Å². The molecule has 0 aliphatic carbocycles. The lowest BCUT2D eigenvalue weighted by Gasteiger charge is -2.20. The normalized spacial score (nSPS) is 13.9. The zero-order chi connectivity index (χ0) is 46.6. The molecule has 1 aromatic heterocycles. The van der Waals surface area contributed by atoms with Crippen LogP contribution in [0.15, 0.2) is 91.1 Å². The van der Waals surface area contributed by atoms with Gasteiger partial charge >= 0.3 is 5.97 Å². The fourth-order valence-electron chi connectivity index (χ4n) is 6.11. The molecule has 0 aliphatic rings. The molecular formula is C48H68FN5O8S. The molecule has 1 aromatic carbocycles. The van der Waals surface area contributed by atoms with E-state index in [4.69, 9.17) is 0 Å². The van der Waals surface area contributed by atoms with E-state index in [1.54, 1.807) is 0 Å². The molecule has 346 valence electrons. The summed E-state index contributed by atoms with van der Waals surface area (Å²) < 4.78 is 39.4. The number of anilines is 1. The number of nitrogens with zero attached hydrogens (tertiary/aromatic N) is 3. The summed E-state index contributed by atoms with van der Waals surface area (Å²) >= 11 is 0. The number of aromatic nitrogens is 2. The second-order valence-electron chi connectivity index (χ2n) is 15.5. The minimum atomic E-state index is -3.72. The number of nitrogens with one attached hydrogen (secondary N) is 2. The van der Waals surface area contributed by atoms with Crippen molar-refractivity contribution in [2.24, 2.45) is 0 Å². The molecule has 0 saturated heterocycles. The number of allylic oxidation sites excluding steroid dienone is 10. The number of carbonyl (C=O) groups is 3. The number of aliphatic hydroxyl groups excluding tert-OH is 2. The van der Waals surface area contributed by atoms with Crippen molar-refractivity contribution in [2.45, 2.75) is 128 Å². The summed E-state index contributed by atoms with van der Waals surface area (Å²) in [6.45, 7) is 6.19. The quantitative estimate of drug-likeness (QED) is 0.0377. The summed E-state index contributed by atoms with van der Waals surface area (Å²) in [7, 11) is -2.40. The summed E-state index contributed by atoms with van der Waals surface area (Å²) in [5, 5.41) is 36.4. The number of halogens is 1. The van der Waals surface area contributed by atoms with Crippen LogP contribution >= 0.6 is 0 Å². The molecule has 1 heterocycles. The van der Waals surface area contributed by atoms with Gasteiger partial charge in [0.15, 0.2) is 0 Å². The molecular weight excluding hydrogens is 826 g/mol. The molecule has 3 atom stereocenters. The number of unbranched alkanes of at least 4 members (excludes halogenated alkanes) is 2. The summed E-state index contributed by atoms with van der Waals surface area (Å²) in [6, 6.07) is 4.26. The Balaban J connectivity index is 1.78. The van der Waals surface area contributed by atoms with Gasteiger partial charge in [-0.1, -0.05) is 93.7 Å². The van der Waals surface area contributed by atoms with E-state index in [2.05, 4.69) is 88.3 Å². The lowest BCUT2D eigenvalue weighted by Crippen LogP contribution is -2.42. The number of aliphatic hydroxyl groups is 2. The molecule has 5 N–H and O–H groups in total. The lowest BCUT2D eigenvalue weighted by molar-refractivity contribution is -0.142. The summed E-state index contributed by atoms with van der Waals surface area (Å²) in [5.41, 5.74) is 1.65. The molecule has 0 spiro atoms. The van der Waals surface area contributed by atoms with Gasteiger partial charge in [-0.2, -0.15) is 0 Å². The molecule has 0 aliphatic heterocycles. The van der Waals surface area contributed by atoms with Crippen LogP contribution in [0, 0.1) is 5.82 Å². The van der Waals surface area contributed by atoms with Crippen molar-refractivity contribution in [1.29, 1.82) is 0 Å². The first-order chi connectivity index (χ1) is 30.0. The van der Waals surface area contributed by atoms with Crippen LogP contribution in [-0.4, -0.2) is 89.6 Å². The molecule has 0 radical (unpaired) electrons. The predicted octanol–water partition coefficient (Wildman–Crippen LogP) is 8.09. The Morgan fingerprint density at radius 1 is 0.841 bits per heavy atom. The van der Waals surface area contributed by atoms with Crippen LogP contribution in [0.5, 0.6) is 0 Å². The van der Waals surface area contributed by atoms with Crippen LogP contribution in [0.4, 0.5) is 10.3 Å². The first-order valence-corrected chi connectivity index (χ1v) is 23.6. The Morgan fingerprint density at radius 3 is 1.98 bits per heavy atom. The number of benzene rings is 1. The van der Waals surface area contributed by atoms with Crippen LogP contribution in [0.2, 0.25) is 0 Å². The number of rotatable bonds is 30. The third kappa shape index (κ3) is 22.6. The zero-order valence-corrected chi connectivity index (χ0v) is 38.3. The van der Waals surface area contributed by atoms with Gasteiger partial charge in [-0.25, -0.2) is 31.9 Å². The molecule has 0 fully saturated rings. The molecule has 0 saturated carbocycles. The second-order valence-corrected chi connectivity index (χ2v) is 17.5. The van der Waals surface area contributed by atoms with Gasteiger partial charge in [-0.05, 0) is 94.4 Å². The lowest BCUT2D eigenvalue weighted by atomic mass is 9.97. The van der Waals surface area contributed by atoms with Gasteiger partial charge in [0.25, 0.3) is 0 Å². The predicted molar refractivity (Wildman–Crippen MR) is 250 cm³/mol. The largest absolute Gasteiger partial charge is 0.480 e. The van der Waals surface area contributed by atoms with Crippen molar-refractivity contribution >= 4 is 39.8 Å². The van der Waals surface area contributed by atoms with E-state index in [1.807, 2.05) is 13.8 Å². The second kappa shape index (κ2) is 29.9. The minimum Gasteiger partial charge on any atom is -0.480 e. The maximum Gasteiger partial charge on any atom is 0.326 e. The molecule has 0 bridgehead atoms. The molecule has 2 aromatic rings. The number of amides is 2. The first-order valence-electron chi connectivity index (χ1n) is 21.7. The van der Waals surface area contributed by atoms with Crippen LogP contribution in [0.1, 0.15) is 121 Å². The number of carbonyl (C=O) groups excluding carboxylic acids is 2. The van der Waals surface area contributed by atoms with Gasteiger partial charge in [0.05, 0.1) is 36.3 Å². The van der Waals surface area contributed by atoms with E-state index >= 15 is 0 Å². The van der Waals surface area contributed by atoms with Crippen LogP contribution in [-0.2, 0) is 24.4 Å². The highest BCUT2D eigenvalue weighted by molar-refractivity contribution is 7.92. The van der Waals surface area contributed by atoms with Crippen molar-refractivity contribution in [1.82, 2.24) is 20.6 Å². The zero-order valence-electron chi connectivity index (χ0n) is 37.5.